The minimum atomic E-state index is -0.880. The van der Waals surface area contributed by atoms with Gasteiger partial charge in [-0.15, -0.1) is 5.11 Å². The van der Waals surface area contributed by atoms with E-state index in [0.717, 1.165) is 11.8 Å². The van der Waals surface area contributed by atoms with E-state index in [1.165, 1.54) is 24.3 Å². The molecule has 0 aliphatic rings. The van der Waals surface area contributed by atoms with Crippen molar-refractivity contribution >= 4 is 29.1 Å². The lowest BCUT2D eigenvalue weighted by Gasteiger charge is -2.03. The number of non-ortho nitro benzene ring substituents is 1. The molecule has 0 saturated carbocycles. The SMILES string of the molecule is CCOC(=O)/C(N=Nc1ccc([N+](=O)[O-])cc1)=C(/O)CSC#N. The quantitative estimate of drug-likeness (QED) is 0.153. The van der Waals surface area contributed by atoms with Gasteiger partial charge in [-0.1, -0.05) is 0 Å². The van der Waals surface area contributed by atoms with Crippen LogP contribution in [0.25, 0.3) is 0 Å². The number of nitriles is 1. The largest absolute Gasteiger partial charge is 0.509 e. The molecule has 1 N–H and O–H groups in total. The normalized spacial score (nSPS) is 11.7. The summed E-state index contributed by atoms with van der Waals surface area (Å²) in [5.41, 5.74) is -0.288. The monoisotopic (exact) mass is 336 g/mol. The molecule has 10 heteroatoms. The standard InChI is InChI=1S/C13H12N4O5S/c1-2-22-13(19)12(11(18)7-23-8-14)16-15-9-3-5-10(6-4-9)17(20)21/h3-6,18H,2,7H2,1H3/b12-11-,16-15?. The Bertz CT molecular complexity index is 679. The first-order valence-electron chi connectivity index (χ1n) is 6.25. The number of nitro groups is 1. The third-order valence-corrected chi connectivity index (χ3v) is 2.89. The number of hydrogen-bond acceptors (Lipinski definition) is 9. The number of rotatable bonds is 7. The van der Waals surface area contributed by atoms with Crippen molar-refractivity contribution in [1.82, 2.24) is 0 Å². The Morgan fingerprint density at radius 3 is 2.65 bits per heavy atom. The molecule has 1 rings (SSSR count). The molecule has 120 valence electrons. The van der Waals surface area contributed by atoms with Crippen LogP contribution in [-0.2, 0) is 9.53 Å². The van der Waals surface area contributed by atoms with Crippen molar-refractivity contribution in [3.05, 3.63) is 45.8 Å². The molecule has 0 aliphatic heterocycles. The average molecular weight is 336 g/mol. The average Bonchev–Trinajstić information content (AvgIpc) is 2.53. The van der Waals surface area contributed by atoms with Crippen molar-refractivity contribution in [2.24, 2.45) is 10.2 Å². The number of azo groups is 1. The lowest BCUT2D eigenvalue weighted by Crippen LogP contribution is -2.09. The van der Waals surface area contributed by atoms with Gasteiger partial charge in [-0.25, -0.2) is 4.79 Å². The van der Waals surface area contributed by atoms with Crippen LogP contribution < -0.4 is 0 Å². The van der Waals surface area contributed by atoms with Crippen LogP contribution in [0.2, 0.25) is 0 Å². The van der Waals surface area contributed by atoms with Crippen LogP contribution in [0.15, 0.2) is 46.0 Å². The Kier molecular flexibility index (Phi) is 7.22. The van der Waals surface area contributed by atoms with Gasteiger partial charge in [-0.05, 0) is 30.8 Å². The predicted molar refractivity (Wildman–Crippen MR) is 82.0 cm³/mol. The number of aliphatic hydroxyl groups excluding tert-OH is 1. The zero-order valence-corrected chi connectivity index (χ0v) is 12.8. The van der Waals surface area contributed by atoms with Crippen molar-refractivity contribution in [2.45, 2.75) is 6.92 Å². The molecule has 0 radical (unpaired) electrons. The van der Waals surface area contributed by atoms with Gasteiger partial charge in [-0.3, -0.25) is 10.1 Å². The van der Waals surface area contributed by atoms with E-state index >= 15 is 0 Å². The fourth-order valence-corrected chi connectivity index (χ4v) is 1.67. The minimum absolute atomic E-state index is 0.0774. The molecule has 0 bridgehead atoms. The number of ether oxygens (including phenoxy) is 1. The summed E-state index contributed by atoms with van der Waals surface area (Å²) in [7, 11) is 0. The van der Waals surface area contributed by atoms with Gasteiger partial charge in [0.25, 0.3) is 5.69 Å². The first kappa shape index (κ1) is 18.1. The lowest BCUT2D eigenvalue weighted by atomic mass is 10.3. The van der Waals surface area contributed by atoms with Crippen molar-refractivity contribution in [2.75, 3.05) is 12.4 Å². The second-order valence-corrected chi connectivity index (χ2v) is 4.63. The fourth-order valence-electron chi connectivity index (χ4n) is 1.33. The summed E-state index contributed by atoms with van der Waals surface area (Å²) in [5, 5.41) is 37.9. The lowest BCUT2D eigenvalue weighted by molar-refractivity contribution is -0.384. The van der Waals surface area contributed by atoms with E-state index in [2.05, 4.69) is 10.2 Å². The van der Waals surface area contributed by atoms with Gasteiger partial charge in [0.05, 0.1) is 23.0 Å². The maximum Gasteiger partial charge on any atom is 0.362 e. The van der Waals surface area contributed by atoms with Crippen LogP contribution in [0.5, 0.6) is 0 Å². The molecule has 0 aromatic heterocycles. The van der Waals surface area contributed by atoms with Crippen LogP contribution in [0, 0.1) is 20.8 Å². The molecular formula is C13H12N4O5S. The van der Waals surface area contributed by atoms with Crippen LogP contribution >= 0.6 is 11.8 Å². The van der Waals surface area contributed by atoms with E-state index in [0.29, 0.717) is 0 Å². The van der Waals surface area contributed by atoms with Crippen LogP contribution in [-0.4, -0.2) is 28.4 Å². The van der Waals surface area contributed by atoms with Crippen molar-refractivity contribution in [1.29, 1.82) is 5.26 Å². The zero-order valence-electron chi connectivity index (χ0n) is 12.0. The summed E-state index contributed by atoms with van der Waals surface area (Å²) in [5.74, 6) is -1.47. The van der Waals surface area contributed by atoms with E-state index in [9.17, 15) is 20.0 Å². The predicted octanol–water partition coefficient (Wildman–Crippen LogP) is 3.23. The van der Waals surface area contributed by atoms with Crippen molar-refractivity contribution in [3.8, 4) is 5.40 Å². The highest BCUT2D eigenvalue weighted by Crippen LogP contribution is 2.20. The Labute approximate surface area is 135 Å². The Hall–Kier alpha value is -2.93. The van der Waals surface area contributed by atoms with Gasteiger partial charge in [0.2, 0.25) is 5.70 Å². The van der Waals surface area contributed by atoms with E-state index < -0.39 is 22.3 Å². The first-order chi connectivity index (χ1) is 11.0. The molecule has 9 nitrogen and oxygen atoms in total. The summed E-state index contributed by atoms with van der Waals surface area (Å²) in [6.07, 6.45) is 0. The van der Waals surface area contributed by atoms with E-state index in [1.807, 2.05) is 0 Å². The van der Waals surface area contributed by atoms with Gasteiger partial charge in [0.1, 0.15) is 11.2 Å². The summed E-state index contributed by atoms with van der Waals surface area (Å²) in [4.78, 5) is 21.7. The fraction of sp³-hybridized carbons (Fsp3) is 0.231. The number of benzene rings is 1. The third-order valence-electron chi connectivity index (χ3n) is 2.34. The van der Waals surface area contributed by atoms with Gasteiger partial charge >= 0.3 is 5.97 Å². The summed E-state index contributed by atoms with van der Waals surface area (Å²) in [6, 6.07) is 5.14. The Balaban J connectivity index is 3.02. The number of thiocyanates is 1. The molecule has 0 aliphatic carbocycles. The first-order valence-corrected chi connectivity index (χ1v) is 7.24. The number of nitrogens with zero attached hydrogens (tertiary/aromatic N) is 4. The second kappa shape index (κ2) is 9.16. The minimum Gasteiger partial charge on any atom is -0.509 e. The van der Waals surface area contributed by atoms with Crippen LogP contribution in [0.4, 0.5) is 11.4 Å². The number of nitro benzene ring substituents is 1. The third kappa shape index (κ3) is 5.76. The molecule has 0 fully saturated rings. The number of aliphatic hydroxyl groups is 1. The Morgan fingerprint density at radius 1 is 1.48 bits per heavy atom. The van der Waals surface area contributed by atoms with Gasteiger partial charge < -0.3 is 9.84 Å². The van der Waals surface area contributed by atoms with E-state index in [4.69, 9.17) is 10.00 Å². The van der Waals surface area contributed by atoms with Crippen molar-refractivity contribution < 1.29 is 19.6 Å². The number of esters is 1. The zero-order chi connectivity index (χ0) is 17.2. The number of thioether (sulfide) groups is 1. The van der Waals surface area contributed by atoms with Crippen LogP contribution in [0.1, 0.15) is 6.92 Å². The molecule has 0 heterocycles. The highest BCUT2D eigenvalue weighted by atomic mass is 32.2. The topological polar surface area (TPSA) is 138 Å². The van der Waals surface area contributed by atoms with E-state index in [-0.39, 0.29) is 23.7 Å². The van der Waals surface area contributed by atoms with E-state index in [1.54, 1.807) is 12.3 Å². The molecular weight excluding hydrogens is 324 g/mol. The van der Waals surface area contributed by atoms with Gasteiger partial charge in [0.15, 0.2) is 0 Å². The molecule has 0 saturated heterocycles. The highest BCUT2D eigenvalue weighted by molar-refractivity contribution is 8.03. The van der Waals surface area contributed by atoms with Gasteiger partial charge in [0, 0.05) is 12.1 Å². The Morgan fingerprint density at radius 2 is 2.13 bits per heavy atom. The molecule has 0 amide bonds. The summed E-state index contributed by atoms with van der Waals surface area (Å²) in [6.45, 7) is 1.66. The van der Waals surface area contributed by atoms with Crippen LogP contribution in [0.3, 0.4) is 0 Å². The molecule has 1 aromatic rings. The summed E-state index contributed by atoms with van der Waals surface area (Å²) >= 11 is 0.720. The molecule has 0 unspecified atom stereocenters. The number of carbonyl (C=O) groups excluding carboxylic acids is 1. The maximum atomic E-state index is 11.7. The number of hydrogen-bond donors (Lipinski definition) is 1. The highest BCUT2D eigenvalue weighted by Gasteiger charge is 2.17. The molecule has 1 aromatic carbocycles. The molecule has 0 atom stereocenters. The van der Waals surface area contributed by atoms with Crippen molar-refractivity contribution in [3.63, 3.8) is 0 Å². The second-order valence-electron chi connectivity index (χ2n) is 3.87. The number of carbonyl (C=O) groups is 1. The van der Waals surface area contributed by atoms with Gasteiger partial charge in [-0.2, -0.15) is 10.4 Å². The summed E-state index contributed by atoms with van der Waals surface area (Å²) < 4.78 is 4.75. The smallest absolute Gasteiger partial charge is 0.362 e. The molecule has 23 heavy (non-hydrogen) atoms. The molecule has 0 spiro atoms. The maximum absolute atomic E-state index is 11.7.